The summed E-state index contributed by atoms with van der Waals surface area (Å²) >= 11 is 3.25. The fraction of sp³-hybridized carbons (Fsp3) is 0.216. The molecular formula is C37H28BrNO7. The topological polar surface area (TPSA) is 118 Å². The van der Waals surface area contributed by atoms with Gasteiger partial charge in [-0.3, -0.25) is 28.9 Å². The lowest BCUT2D eigenvalue weighted by Gasteiger charge is -2.42. The lowest BCUT2D eigenvalue weighted by atomic mass is 9.59. The van der Waals surface area contributed by atoms with Crippen molar-refractivity contribution in [2.24, 2.45) is 17.8 Å². The molecular weight excluding hydrogens is 650 g/mol. The normalized spacial score (nSPS) is 23.8. The minimum atomic E-state index is -0.713. The second-order valence-electron chi connectivity index (χ2n) is 11.8. The molecule has 3 aromatic rings. The van der Waals surface area contributed by atoms with Crippen LogP contribution in [0.5, 0.6) is 5.75 Å². The first-order chi connectivity index (χ1) is 22.3. The third-order valence-electron chi connectivity index (χ3n) is 9.33. The molecule has 230 valence electrons. The Morgan fingerprint density at radius 2 is 1.57 bits per heavy atom. The zero-order valence-electron chi connectivity index (χ0n) is 24.5. The molecule has 1 N–H and O–H groups in total. The molecule has 1 saturated heterocycles. The minimum absolute atomic E-state index is 0.130. The van der Waals surface area contributed by atoms with Gasteiger partial charge in [-0.1, -0.05) is 54.1 Å². The Morgan fingerprint density at radius 3 is 2.26 bits per heavy atom. The Balaban J connectivity index is 1.23. The maximum absolute atomic E-state index is 14.2. The number of hydrogen-bond donors (Lipinski definition) is 1. The number of ether oxygens (including phenoxy) is 1. The number of Topliss-reactive ketones (excluding diaryl/α,β-unsaturated/α-hetero) is 1. The number of benzene rings is 3. The van der Waals surface area contributed by atoms with E-state index in [0.717, 1.165) is 11.1 Å². The summed E-state index contributed by atoms with van der Waals surface area (Å²) in [5.74, 6) is -3.22. The van der Waals surface area contributed by atoms with E-state index >= 15 is 0 Å². The number of allylic oxidation sites excluding steroid dienone is 6. The number of carbonyl (C=O) groups is 5. The summed E-state index contributed by atoms with van der Waals surface area (Å²) in [5.41, 5.74) is 3.73. The van der Waals surface area contributed by atoms with E-state index in [1.54, 1.807) is 60.7 Å². The Morgan fingerprint density at radius 1 is 0.870 bits per heavy atom. The number of imide groups is 1. The highest BCUT2D eigenvalue weighted by Gasteiger charge is 2.56. The van der Waals surface area contributed by atoms with Crippen LogP contribution in [0.25, 0.3) is 0 Å². The summed E-state index contributed by atoms with van der Waals surface area (Å²) in [5, 5.41) is 9.12. The SMILES string of the molecule is O=C1C=C(Br)C(=O)C2=C1C(c1ccc(OCCO)cc1)C1=CCC3C(=O)N(c4ccc(C(=O)c5ccccc5)cc4)C(=O)C3C1C2. The molecule has 0 saturated carbocycles. The van der Waals surface area contributed by atoms with Crippen LogP contribution in [0.3, 0.4) is 0 Å². The first-order valence-corrected chi connectivity index (χ1v) is 15.9. The van der Waals surface area contributed by atoms with Gasteiger partial charge in [-0.05, 0) is 76.7 Å². The van der Waals surface area contributed by atoms with E-state index < -0.39 is 23.7 Å². The van der Waals surface area contributed by atoms with Crippen molar-refractivity contribution in [1.82, 2.24) is 0 Å². The summed E-state index contributed by atoms with van der Waals surface area (Å²) in [6.07, 6.45) is 3.76. The van der Waals surface area contributed by atoms with Crippen molar-refractivity contribution in [2.75, 3.05) is 18.1 Å². The van der Waals surface area contributed by atoms with Crippen molar-refractivity contribution in [2.45, 2.75) is 18.8 Å². The number of aliphatic hydroxyl groups excluding tert-OH is 1. The molecule has 3 aromatic carbocycles. The van der Waals surface area contributed by atoms with E-state index in [9.17, 15) is 24.0 Å². The largest absolute Gasteiger partial charge is 0.491 e. The number of ketones is 3. The molecule has 3 aliphatic carbocycles. The standard InChI is InChI=1S/C37H28BrNO7/c38-29-19-30(41)33-28(35(29)43)18-27-25(31(33)20-8-12-24(13-9-20)46-17-16-40)14-15-26-32(27)37(45)39(36(26)44)23-10-6-22(7-11-23)34(42)21-4-2-1-3-5-21/h1-14,19,26-27,31-32,40H,15-18H2. The molecule has 46 heavy (non-hydrogen) atoms. The predicted molar refractivity (Wildman–Crippen MR) is 172 cm³/mol. The molecule has 8 nitrogen and oxygen atoms in total. The van der Waals surface area contributed by atoms with E-state index in [1.807, 2.05) is 24.3 Å². The van der Waals surface area contributed by atoms with Gasteiger partial charge in [0.1, 0.15) is 12.4 Å². The third-order valence-corrected chi connectivity index (χ3v) is 9.92. The van der Waals surface area contributed by atoms with Crippen LogP contribution in [0.4, 0.5) is 5.69 Å². The number of anilines is 1. The maximum Gasteiger partial charge on any atom is 0.238 e. The Bertz CT molecular complexity index is 1890. The van der Waals surface area contributed by atoms with Crippen LogP contribution < -0.4 is 9.64 Å². The number of carbonyl (C=O) groups excluding carboxylic acids is 5. The van der Waals surface area contributed by atoms with Crippen molar-refractivity contribution in [3.05, 3.63) is 129 Å². The fourth-order valence-corrected chi connectivity index (χ4v) is 7.73. The number of fused-ring (bicyclic) bond motifs is 3. The van der Waals surface area contributed by atoms with E-state index in [2.05, 4.69) is 15.9 Å². The number of aliphatic hydroxyl groups is 1. The van der Waals surface area contributed by atoms with Crippen LogP contribution in [0, 0.1) is 17.8 Å². The molecule has 0 radical (unpaired) electrons. The zero-order chi connectivity index (χ0) is 32.1. The molecule has 4 unspecified atom stereocenters. The van der Waals surface area contributed by atoms with Gasteiger partial charge in [0.05, 0.1) is 28.6 Å². The van der Waals surface area contributed by atoms with Crippen LogP contribution in [0.1, 0.15) is 40.2 Å². The summed E-state index contributed by atoms with van der Waals surface area (Å²) in [6, 6.07) is 22.5. The number of rotatable bonds is 7. The molecule has 2 amide bonds. The quantitative estimate of drug-likeness (QED) is 0.157. The lowest BCUT2D eigenvalue weighted by molar-refractivity contribution is -0.123. The molecule has 1 heterocycles. The summed E-state index contributed by atoms with van der Waals surface area (Å²) in [6.45, 7) is 0.00811. The zero-order valence-corrected chi connectivity index (χ0v) is 26.1. The van der Waals surface area contributed by atoms with Crippen LogP contribution in [-0.4, -0.2) is 47.5 Å². The average molecular weight is 679 g/mol. The van der Waals surface area contributed by atoms with Gasteiger partial charge in [0, 0.05) is 34.3 Å². The lowest BCUT2D eigenvalue weighted by Crippen LogP contribution is -2.39. The molecule has 9 heteroatoms. The van der Waals surface area contributed by atoms with Gasteiger partial charge >= 0.3 is 0 Å². The maximum atomic E-state index is 14.2. The highest BCUT2D eigenvalue weighted by Crippen LogP contribution is 2.55. The van der Waals surface area contributed by atoms with E-state index in [0.29, 0.717) is 40.1 Å². The Kier molecular flexibility index (Phi) is 7.74. The molecule has 0 aromatic heterocycles. The molecule has 0 spiro atoms. The van der Waals surface area contributed by atoms with E-state index in [1.165, 1.54) is 11.0 Å². The number of nitrogens with zero attached hydrogens (tertiary/aromatic N) is 1. The van der Waals surface area contributed by atoms with Crippen LogP contribution in [-0.2, 0) is 19.2 Å². The minimum Gasteiger partial charge on any atom is -0.491 e. The first kappa shape index (κ1) is 30.0. The van der Waals surface area contributed by atoms with Gasteiger partial charge in [0.25, 0.3) is 0 Å². The monoisotopic (exact) mass is 677 g/mol. The molecule has 0 bridgehead atoms. The highest BCUT2D eigenvalue weighted by atomic mass is 79.9. The van der Waals surface area contributed by atoms with Crippen molar-refractivity contribution in [1.29, 1.82) is 0 Å². The predicted octanol–water partition coefficient (Wildman–Crippen LogP) is 5.26. The summed E-state index contributed by atoms with van der Waals surface area (Å²) in [7, 11) is 0. The van der Waals surface area contributed by atoms with Gasteiger partial charge in [0.15, 0.2) is 17.3 Å². The average Bonchev–Trinajstić information content (AvgIpc) is 3.34. The van der Waals surface area contributed by atoms with E-state index in [4.69, 9.17) is 9.84 Å². The van der Waals surface area contributed by atoms with Crippen molar-refractivity contribution in [3.63, 3.8) is 0 Å². The van der Waals surface area contributed by atoms with Gasteiger partial charge in [0.2, 0.25) is 11.8 Å². The second-order valence-corrected chi connectivity index (χ2v) is 12.6. The van der Waals surface area contributed by atoms with Gasteiger partial charge < -0.3 is 9.84 Å². The van der Waals surface area contributed by atoms with Crippen LogP contribution >= 0.6 is 15.9 Å². The van der Waals surface area contributed by atoms with E-state index in [-0.39, 0.29) is 53.3 Å². The van der Waals surface area contributed by atoms with Crippen LogP contribution in [0.2, 0.25) is 0 Å². The molecule has 1 fully saturated rings. The highest BCUT2D eigenvalue weighted by molar-refractivity contribution is 9.12. The summed E-state index contributed by atoms with van der Waals surface area (Å²) in [4.78, 5) is 69.1. The molecule has 4 atom stereocenters. The number of hydrogen-bond acceptors (Lipinski definition) is 7. The Labute approximate surface area is 273 Å². The molecule has 7 rings (SSSR count). The first-order valence-electron chi connectivity index (χ1n) is 15.1. The number of halogens is 1. The molecule has 4 aliphatic rings. The van der Waals surface area contributed by atoms with Crippen molar-refractivity contribution < 1.29 is 33.8 Å². The van der Waals surface area contributed by atoms with Gasteiger partial charge in [-0.15, -0.1) is 0 Å². The fourth-order valence-electron chi connectivity index (χ4n) is 7.28. The van der Waals surface area contributed by atoms with Gasteiger partial charge in [-0.25, -0.2) is 0 Å². The third kappa shape index (κ3) is 4.91. The van der Waals surface area contributed by atoms with Crippen LogP contribution in [0.15, 0.2) is 112 Å². The van der Waals surface area contributed by atoms with Crippen molar-refractivity contribution >= 4 is 50.8 Å². The second kappa shape index (κ2) is 11.9. The van der Waals surface area contributed by atoms with Crippen molar-refractivity contribution in [3.8, 4) is 5.75 Å². The smallest absolute Gasteiger partial charge is 0.238 e. The molecule has 1 aliphatic heterocycles. The number of amides is 2. The summed E-state index contributed by atoms with van der Waals surface area (Å²) < 4.78 is 5.69. The Hall–Kier alpha value is -4.73. The van der Waals surface area contributed by atoms with Gasteiger partial charge in [-0.2, -0.15) is 0 Å².